The zero-order valence-electron chi connectivity index (χ0n) is 84.7. The summed E-state index contributed by atoms with van der Waals surface area (Å²) >= 11 is 52.7. The van der Waals surface area contributed by atoms with Crippen molar-refractivity contribution in [2.45, 2.75) is 219 Å². The summed E-state index contributed by atoms with van der Waals surface area (Å²) in [5.74, 6) is -0.806. The molecule has 4 aromatic heterocycles. The van der Waals surface area contributed by atoms with Gasteiger partial charge in [0.1, 0.15) is 33.5 Å². The number of thioether (sulfide) groups is 2. The van der Waals surface area contributed by atoms with E-state index in [1.165, 1.54) is 79.7 Å². The molecule has 0 saturated carbocycles. The molecule has 11 aromatic rings. The van der Waals surface area contributed by atoms with Crippen molar-refractivity contribution in [2.24, 2.45) is 0 Å². The second kappa shape index (κ2) is 44.8. The van der Waals surface area contributed by atoms with Crippen molar-refractivity contribution in [3.8, 4) is 17.6 Å². The average Bonchev–Trinajstić information content (AvgIpc) is 0.745. The standard InChI is InChI=1S/C30H33Cl2N5O4.C25H25Cl2N5O2.C16H24N2O2.C15H13Cl2N3O2S.C12H9Cl2N3O2S.C5H12O2/c1-28(2,3)41-27(39)36-14-13-17-15-18(11-12-20(17)29(36,4)5)34-26-33-16-19-24(35-26)40-30(6,7)37(25(19)38)23-21(31)9-8-10-22(23)32;1-24(2)17-9-8-15(12-14(17)10-11-29-24)30-23-28-13-16-21(31-23)34-25(3,4)32(22(16)33)20-18(26)6-5-7-19(20)27;1-15(2,3)20-14(19)18-9-8-11-10-12(17)6-7-13(11)16(18,4)5;1-15(2)20(11-9(16)5-4-6-10(11)17)13(21)8-7-18-14(23-3)19-12(8)22-15;1-20-12-15-5-6(11(19)17-12)10(18)16-9-7(13)3-2-4-8(9)14;1-5(2,6-3)7-4/h8-12,15-16H,13-14H2,1-7H3,(H,33,34,35);5-9,12-13,29H,10-11H2,1-4H3,(H,28,30,31);6-7,10H,8-9,17H2,1-5H3;4-7H,1-3H3;2-5H,1H3,(H,16,18)(H,15,17,19);1-4H3. The molecule has 6 amide bonds. The van der Waals surface area contributed by atoms with Gasteiger partial charge in [0, 0.05) is 74.7 Å². The van der Waals surface area contributed by atoms with Crippen LogP contribution in [0, 0.1) is 0 Å². The number of fused-ring (bicyclic) bond motifs is 6. The molecule has 770 valence electrons. The van der Waals surface area contributed by atoms with Gasteiger partial charge in [-0.2, -0.15) is 15.0 Å². The minimum absolute atomic E-state index is 0.0648. The Balaban J connectivity index is 0.000000163. The third-order valence-corrected chi connectivity index (χ3v) is 27.5. The largest absolute Gasteiger partial charge is 0.450 e. The molecule has 6 aliphatic rings. The quantitative estimate of drug-likeness (QED) is 0.0270. The highest BCUT2D eigenvalue weighted by Crippen LogP contribution is 2.49. The zero-order valence-corrected chi connectivity index (χ0v) is 92.4. The van der Waals surface area contributed by atoms with E-state index >= 15 is 0 Å². The van der Waals surface area contributed by atoms with Crippen molar-refractivity contribution in [2.75, 3.05) is 82.7 Å². The number of para-hydroxylation sites is 4. The van der Waals surface area contributed by atoms with Gasteiger partial charge in [-0.25, -0.2) is 29.5 Å². The number of benzene rings is 7. The molecule has 10 heterocycles. The summed E-state index contributed by atoms with van der Waals surface area (Å²) in [7, 11) is 3.23. The molecule has 0 atom stereocenters. The average molecular weight is 2180 g/mol. The number of nitrogen functional groups attached to an aromatic ring is 1. The lowest BCUT2D eigenvalue weighted by molar-refractivity contribution is -0.178. The third kappa shape index (κ3) is 26.0. The van der Waals surface area contributed by atoms with E-state index in [1.54, 1.807) is 145 Å². The molecule has 0 bridgehead atoms. The maximum Gasteiger partial charge on any atom is 0.411 e. The lowest BCUT2D eigenvalue weighted by Gasteiger charge is -2.44. The number of carbonyl (C=O) groups excluding carboxylic acids is 6. The van der Waals surface area contributed by atoms with Crippen molar-refractivity contribution in [1.29, 1.82) is 0 Å². The van der Waals surface area contributed by atoms with Gasteiger partial charge in [-0.15, -0.1) is 0 Å². The van der Waals surface area contributed by atoms with Gasteiger partial charge in [0.2, 0.25) is 29.5 Å². The summed E-state index contributed by atoms with van der Waals surface area (Å²) in [5.41, 5.74) is 11.6. The molecule has 42 heteroatoms. The van der Waals surface area contributed by atoms with Crippen molar-refractivity contribution < 1.29 is 61.9 Å². The Hall–Kier alpha value is -11.2. The smallest absolute Gasteiger partial charge is 0.411 e. The van der Waals surface area contributed by atoms with Crippen LogP contribution in [0.1, 0.15) is 213 Å². The Morgan fingerprint density at radius 1 is 0.455 bits per heavy atom. The Morgan fingerprint density at radius 3 is 1.19 bits per heavy atom. The first-order valence-electron chi connectivity index (χ1n) is 45.8. The highest BCUT2D eigenvalue weighted by atomic mass is 35.5. The third-order valence-electron chi connectivity index (χ3n) is 23.9. The molecule has 0 unspecified atom stereocenters. The van der Waals surface area contributed by atoms with Crippen LogP contribution in [0.25, 0.3) is 0 Å². The maximum atomic E-state index is 13.6. The number of rotatable bonds is 13. The molecule has 0 aliphatic carbocycles. The minimum Gasteiger partial charge on any atom is -0.450 e. The Kier molecular flexibility index (Phi) is 34.8. The first kappa shape index (κ1) is 113. The Morgan fingerprint density at radius 2 is 0.821 bits per heavy atom. The highest BCUT2D eigenvalue weighted by Gasteiger charge is 2.49. The van der Waals surface area contributed by atoms with Crippen LogP contribution in [0.5, 0.6) is 17.6 Å². The number of methoxy groups -OCH3 is 2. The number of ether oxygens (including phenoxy) is 7. The van der Waals surface area contributed by atoms with E-state index in [0.29, 0.717) is 83.0 Å². The number of nitrogens with zero attached hydrogens (tertiary/aromatic N) is 12. The molecule has 7 aromatic carbocycles. The van der Waals surface area contributed by atoms with Crippen molar-refractivity contribution in [3.05, 3.63) is 258 Å². The fourth-order valence-electron chi connectivity index (χ4n) is 16.5. The first-order chi connectivity index (χ1) is 67.7. The molecular weight excluding hydrogens is 2060 g/mol. The summed E-state index contributed by atoms with van der Waals surface area (Å²) in [6.45, 7) is 40.1. The summed E-state index contributed by atoms with van der Waals surface area (Å²) in [5, 5.41) is 16.2. The summed E-state index contributed by atoms with van der Waals surface area (Å²) in [6.07, 6.45) is 11.0. The highest BCUT2D eigenvalue weighted by molar-refractivity contribution is 7.98. The molecule has 145 heavy (non-hydrogen) atoms. The monoisotopic (exact) mass is 2170 g/mol. The molecule has 7 N–H and O–H groups in total. The summed E-state index contributed by atoms with van der Waals surface area (Å²) in [6, 6.07) is 38.1. The number of nitrogens with one attached hydrogen (secondary N) is 5. The van der Waals surface area contributed by atoms with E-state index < -0.39 is 51.2 Å². The van der Waals surface area contributed by atoms with E-state index in [0.717, 1.165) is 53.1 Å². The number of aromatic amines is 1. The van der Waals surface area contributed by atoms with E-state index in [2.05, 4.69) is 87.1 Å². The summed E-state index contributed by atoms with van der Waals surface area (Å²) < 4.78 is 39.2. The Bertz CT molecular complexity index is 6760. The number of aromatic nitrogens is 8. The Labute approximate surface area is 891 Å². The van der Waals surface area contributed by atoms with Crippen LogP contribution >= 0.6 is 116 Å². The van der Waals surface area contributed by atoms with Crippen LogP contribution < -0.4 is 61.5 Å². The molecule has 6 aliphatic heterocycles. The van der Waals surface area contributed by atoms with Crippen molar-refractivity contribution >= 4 is 204 Å². The SMILES string of the molecule is CC(C)(C)OC(=O)N1CCc2cc(N)ccc2C1(C)C.CC(C)(C)OC(=O)N1CCc2cc(Nc3ncc4c(n3)OC(C)(C)N(c3c(Cl)cccc3Cl)C4=O)ccc2C1(C)C.CC1(C)NCCc2cc(Nc3ncc4c(n3)OC(C)(C)N(c3c(Cl)cccc3Cl)C4=O)ccc21.COC(C)(C)OC.CSc1ncc(C(=O)Nc2c(Cl)cccc2Cl)c(=O)[nH]1.CSc1ncc2c(n1)OC(C)(C)N(c1c(Cl)cccc1Cl)C2=O. The van der Waals surface area contributed by atoms with Crippen LogP contribution in [-0.4, -0.2) is 166 Å². The predicted octanol–water partition coefficient (Wildman–Crippen LogP) is 24.7. The van der Waals surface area contributed by atoms with Gasteiger partial charge in [0.25, 0.3) is 29.2 Å². The number of hydrogen-bond donors (Lipinski definition) is 6. The normalized spacial score (nSPS) is 16.1. The lowest BCUT2D eigenvalue weighted by atomic mass is 9.83. The number of halogens is 8. The van der Waals surface area contributed by atoms with Gasteiger partial charge < -0.3 is 65.1 Å². The molecule has 32 nitrogen and oxygen atoms in total. The number of amides is 6. The van der Waals surface area contributed by atoms with E-state index in [4.69, 9.17) is 132 Å². The van der Waals surface area contributed by atoms with Crippen LogP contribution in [0.15, 0.2) is 167 Å². The number of nitrogens with two attached hydrogens (primary N) is 1. The van der Waals surface area contributed by atoms with Gasteiger partial charge in [-0.05, 0) is 295 Å². The second-order valence-electron chi connectivity index (χ2n) is 39.3. The van der Waals surface area contributed by atoms with E-state index in [1.807, 2.05) is 132 Å². The fourth-order valence-corrected chi connectivity index (χ4v) is 19.4. The van der Waals surface area contributed by atoms with E-state index in [9.17, 15) is 33.6 Å². The lowest BCUT2D eigenvalue weighted by Crippen LogP contribution is -2.55. The molecule has 0 radical (unpaired) electrons. The van der Waals surface area contributed by atoms with Gasteiger partial charge in [-0.1, -0.05) is 159 Å². The van der Waals surface area contributed by atoms with Crippen molar-refractivity contribution in [1.82, 2.24) is 55.0 Å². The van der Waals surface area contributed by atoms with Gasteiger partial charge >= 0.3 is 12.2 Å². The first-order valence-corrected chi connectivity index (χ1v) is 51.3. The van der Waals surface area contributed by atoms with Gasteiger partial charge in [0.05, 0.1) is 74.0 Å². The maximum absolute atomic E-state index is 13.6. The van der Waals surface area contributed by atoms with Crippen LogP contribution in [0.4, 0.5) is 61.3 Å². The predicted molar refractivity (Wildman–Crippen MR) is 575 cm³/mol. The minimum atomic E-state index is -1.12. The molecular formula is C103H116Cl8N18O14S2. The van der Waals surface area contributed by atoms with Crippen LogP contribution in [0.2, 0.25) is 40.2 Å². The van der Waals surface area contributed by atoms with E-state index in [-0.39, 0.29) is 103 Å². The number of carbonyl (C=O) groups is 6. The zero-order chi connectivity index (χ0) is 107. The van der Waals surface area contributed by atoms with Crippen LogP contribution in [0.3, 0.4) is 0 Å². The van der Waals surface area contributed by atoms with Gasteiger partial charge in [-0.3, -0.25) is 48.5 Å². The second-order valence-corrected chi connectivity index (χ2v) is 44.1. The molecule has 0 saturated heterocycles. The van der Waals surface area contributed by atoms with Crippen LogP contribution in [-0.2, 0) is 54.8 Å². The summed E-state index contributed by atoms with van der Waals surface area (Å²) in [4.78, 5) is 130. The van der Waals surface area contributed by atoms with Crippen molar-refractivity contribution in [3.63, 3.8) is 0 Å². The number of H-pyrrole nitrogens is 1. The molecule has 0 spiro atoms. The molecule has 0 fully saturated rings. The molecule has 17 rings (SSSR count). The topological polar surface area (TPSA) is 380 Å². The number of hydrogen-bond acceptors (Lipinski definition) is 27. The van der Waals surface area contributed by atoms with Gasteiger partial charge in [0.15, 0.2) is 33.3 Å². The number of anilines is 9. The fraction of sp³-hybridized carbons (Fsp3) is 0.379.